The van der Waals surface area contributed by atoms with Gasteiger partial charge in [0.25, 0.3) is 5.91 Å². The number of ether oxygens (including phenoxy) is 2. The molecule has 5 heteroatoms. The van der Waals surface area contributed by atoms with Gasteiger partial charge in [0.1, 0.15) is 18.1 Å². The van der Waals surface area contributed by atoms with E-state index in [0.717, 1.165) is 20.6 Å². The molecular formula is C21H18INO3. The summed E-state index contributed by atoms with van der Waals surface area (Å²) in [4.78, 5) is 12.5. The molecule has 4 nitrogen and oxygen atoms in total. The minimum atomic E-state index is -0.171. The van der Waals surface area contributed by atoms with Crippen molar-refractivity contribution in [3.63, 3.8) is 0 Å². The van der Waals surface area contributed by atoms with Crippen LogP contribution in [0, 0.1) is 3.57 Å². The number of hydrogen-bond donors (Lipinski definition) is 1. The molecule has 0 unspecified atom stereocenters. The van der Waals surface area contributed by atoms with Crippen LogP contribution in [-0.2, 0) is 6.61 Å². The third kappa shape index (κ3) is 4.76. The molecule has 0 aliphatic carbocycles. The van der Waals surface area contributed by atoms with Gasteiger partial charge in [0.2, 0.25) is 0 Å². The van der Waals surface area contributed by atoms with Crippen LogP contribution < -0.4 is 14.8 Å². The highest BCUT2D eigenvalue weighted by Gasteiger charge is 2.11. The van der Waals surface area contributed by atoms with Crippen LogP contribution >= 0.6 is 22.6 Å². The van der Waals surface area contributed by atoms with Crippen LogP contribution in [0.15, 0.2) is 72.8 Å². The third-order valence-corrected chi connectivity index (χ3v) is 4.50. The van der Waals surface area contributed by atoms with Gasteiger partial charge < -0.3 is 14.8 Å². The Hall–Kier alpha value is -2.54. The van der Waals surface area contributed by atoms with Crippen molar-refractivity contribution in [1.82, 2.24) is 0 Å². The lowest BCUT2D eigenvalue weighted by atomic mass is 10.1. The number of methoxy groups -OCH3 is 1. The molecule has 0 heterocycles. The molecule has 1 N–H and O–H groups in total. The highest BCUT2D eigenvalue weighted by Crippen LogP contribution is 2.23. The fraction of sp³-hybridized carbons (Fsp3) is 0.0952. The fourth-order valence-electron chi connectivity index (χ4n) is 2.45. The third-order valence-electron chi connectivity index (χ3n) is 3.78. The smallest absolute Gasteiger partial charge is 0.255 e. The van der Waals surface area contributed by atoms with Gasteiger partial charge in [-0.05, 0) is 77.2 Å². The molecule has 0 saturated heterocycles. The molecule has 132 valence electrons. The molecule has 0 radical (unpaired) electrons. The summed E-state index contributed by atoms with van der Waals surface area (Å²) in [6, 6.07) is 22.5. The summed E-state index contributed by atoms with van der Waals surface area (Å²) >= 11 is 2.23. The van der Waals surface area contributed by atoms with Gasteiger partial charge in [-0.1, -0.05) is 18.2 Å². The Morgan fingerprint density at radius 2 is 1.73 bits per heavy atom. The van der Waals surface area contributed by atoms with Gasteiger partial charge in [-0.2, -0.15) is 0 Å². The van der Waals surface area contributed by atoms with Crippen LogP contribution in [0.4, 0.5) is 5.69 Å². The van der Waals surface area contributed by atoms with E-state index in [1.807, 2.05) is 54.6 Å². The number of para-hydroxylation sites is 1. The van der Waals surface area contributed by atoms with E-state index < -0.39 is 0 Å². The molecule has 0 aliphatic heterocycles. The van der Waals surface area contributed by atoms with Crippen LogP contribution in [0.3, 0.4) is 0 Å². The quantitative estimate of drug-likeness (QED) is 0.520. The number of carbonyl (C=O) groups is 1. The number of halogens is 1. The number of carbonyl (C=O) groups excluding carboxylic acids is 1. The second kappa shape index (κ2) is 8.71. The van der Waals surface area contributed by atoms with Crippen molar-refractivity contribution in [2.45, 2.75) is 6.61 Å². The van der Waals surface area contributed by atoms with Gasteiger partial charge >= 0.3 is 0 Å². The first-order valence-electron chi connectivity index (χ1n) is 8.07. The van der Waals surface area contributed by atoms with Gasteiger partial charge in [-0.25, -0.2) is 0 Å². The zero-order valence-electron chi connectivity index (χ0n) is 14.2. The topological polar surface area (TPSA) is 47.6 Å². The van der Waals surface area contributed by atoms with Crippen molar-refractivity contribution in [3.8, 4) is 11.5 Å². The molecular weight excluding hydrogens is 441 g/mol. The van der Waals surface area contributed by atoms with E-state index in [2.05, 4.69) is 27.9 Å². The summed E-state index contributed by atoms with van der Waals surface area (Å²) in [6.07, 6.45) is 0. The largest absolute Gasteiger partial charge is 0.496 e. The summed E-state index contributed by atoms with van der Waals surface area (Å²) < 4.78 is 12.3. The Morgan fingerprint density at radius 1 is 1.00 bits per heavy atom. The van der Waals surface area contributed by atoms with Crippen molar-refractivity contribution < 1.29 is 14.3 Å². The number of amides is 1. The molecule has 0 saturated carbocycles. The summed E-state index contributed by atoms with van der Waals surface area (Å²) in [5.41, 5.74) is 2.12. The second-order valence-electron chi connectivity index (χ2n) is 5.59. The Bertz CT molecular complexity index is 880. The molecule has 3 rings (SSSR count). The van der Waals surface area contributed by atoms with Crippen molar-refractivity contribution in [1.29, 1.82) is 0 Å². The molecule has 0 spiro atoms. The van der Waals surface area contributed by atoms with E-state index in [0.29, 0.717) is 17.9 Å². The lowest BCUT2D eigenvalue weighted by Gasteiger charge is -2.12. The number of rotatable bonds is 6. The fourth-order valence-corrected chi connectivity index (χ4v) is 2.81. The zero-order valence-corrected chi connectivity index (χ0v) is 16.4. The molecule has 3 aromatic carbocycles. The van der Waals surface area contributed by atoms with Crippen molar-refractivity contribution in [2.75, 3.05) is 12.4 Å². The molecule has 0 fully saturated rings. The van der Waals surface area contributed by atoms with Gasteiger partial charge in [-0.15, -0.1) is 0 Å². The molecule has 0 aromatic heterocycles. The van der Waals surface area contributed by atoms with Crippen LogP contribution in [0.25, 0.3) is 0 Å². The molecule has 0 bridgehead atoms. The molecule has 0 aliphatic rings. The van der Waals surface area contributed by atoms with Crippen LogP contribution in [0.2, 0.25) is 0 Å². The average molecular weight is 459 g/mol. The van der Waals surface area contributed by atoms with E-state index in [1.165, 1.54) is 0 Å². The first kappa shape index (κ1) is 18.3. The summed E-state index contributed by atoms with van der Waals surface area (Å²) in [7, 11) is 1.60. The van der Waals surface area contributed by atoms with Gasteiger partial charge in [0, 0.05) is 20.4 Å². The maximum absolute atomic E-state index is 12.5. The molecule has 1 amide bonds. The predicted octanol–water partition coefficient (Wildman–Crippen LogP) is 5.13. The predicted molar refractivity (Wildman–Crippen MR) is 111 cm³/mol. The van der Waals surface area contributed by atoms with Gasteiger partial charge in [0.05, 0.1) is 7.11 Å². The van der Waals surface area contributed by atoms with Gasteiger partial charge in [0.15, 0.2) is 0 Å². The first-order chi connectivity index (χ1) is 12.7. The molecule has 26 heavy (non-hydrogen) atoms. The Balaban J connectivity index is 1.75. The van der Waals surface area contributed by atoms with Crippen LogP contribution in [0.1, 0.15) is 15.9 Å². The SMILES string of the molecule is COc1ccc(C(=O)Nc2ccc(I)cc2)cc1COc1ccccc1. The maximum atomic E-state index is 12.5. The van der Waals surface area contributed by atoms with E-state index >= 15 is 0 Å². The zero-order chi connectivity index (χ0) is 18.4. The van der Waals surface area contributed by atoms with Crippen LogP contribution in [-0.4, -0.2) is 13.0 Å². The lowest BCUT2D eigenvalue weighted by Crippen LogP contribution is -2.12. The number of nitrogens with one attached hydrogen (secondary N) is 1. The van der Waals surface area contributed by atoms with Gasteiger partial charge in [-0.3, -0.25) is 4.79 Å². The normalized spacial score (nSPS) is 10.2. The minimum absolute atomic E-state index is 0.171. The van der Waals surface area contributed by atoms with E-state index in [-0.39, 0.29) is 5.91 Å². The van der Waals surface area contributed by atoms with Crippen molar-refractivity contribution in [2.24, 2.45) is 0 Å². The Morgan fingerprint density at radius 3 is 2.42 bits per heavy atom. The van der Waals surface area contributed by atoms with Crippen molar-refractivity contribution >= 4 is 34.2 Å². The van der Waals surface area contributed by atoms with E-state index in [4.69, 9.17) is 9.47 Å². The van der Waals surface area contributed by atoms with Crippen LogP contribution in [0.5, 0.6) is 11.5 Å². The highest BCUT2D eigenvalue weighted by molar-refractivity contribution is 14.1. The summed E-state index contributed by atoms with van der Waals surface area (Å²) in [5.74, 6) is 1.28. The van der Waals surface area contributed by atoms with Crippen molar-refractivity contribution in [3.05, 3.63) is 87.5 Å². The van der Waals surface area contributed by atoms with E-state index in [1.54, 1.807) is 25.3 Å². The monoisotopic (exact) mass is 459 g/mol. The highest BCUT2D eigenvalue weighted by atomic mass is 127. The number of anilines is 1. The maximum Gasteiger partial charge on any atom is 0.255 e. The first-order valence-corrected chi connectivity index (χ1v) is 9.15. The molecule has 3 aromatic rings. The number of benzene rings is 3. The lowest BCUT2D eigenvalue weighted by molar-refractivity contribution is 0.102. The summed E-state index contributed by atoms with van der Waals surface area (Å²) in [6.45, 7) is 0.317. The standard InChI is InChI=1S/C21H18INO3/c1-25-20-12-7-15(21(24)23-18-10-8-17(22)9-11-18)13-16(20)14-26-19-5-3-2-4-6-19/h2-13H,14H2,1H3,(H,23,24). The number of hydrogen-bond acceptors (Lipinski definition) is 3. The Labute approximate surface area is 166 Å². The second-order valence-corrected chi connectivity index (χ2v) is 6.84. The van der Waals surface area contributed by atoms with E-state index in [9.17, 15) is 4.79 Å². The average Bonchev–Trinajstić information content (AvgIpc) is 2.68. The minimum Gasteiger partial charge on any atom is -0.496 e. The Kier molecular flexibility index (Phi) is 6.12. The summed E-state index contributed by atoms with van der Waals surface area (Å²) in [5, 5.41) is 2.90. The molecule has 0 atom stereocenters.